The molecule has 8 heteroatoms. The standard InChI is InChI=1S/C22H25FN4O3/c1-14-12-20-25-15(2)18(16(3)27(20)26-14)8-9-22(29)30-13-21(28)24-11-10-17-6-4-5-7-19(17)23/h4-7,12H,8-11,13H2,1-3H3,(H,24,28). The molecule has 0 fully saturated rings. The van der Waals surface area contributed by atoms with Crippen LogP contribution in [0, 0.1) is 26.6 Å². The molecule has 0 spiro atoms. The molecule has 1 aromatic carbocycles. The predicted octanol–water partition coefficient (Wildman–Crippen LogP) is 2.63. The minimum absolute atomic E-state index is 0.137. The zero-order valence-corrected chi connectivity index (χ0v) is 17.4. The highest BCUT2D eigenvalue weighted by atomic mass is 19.1. The number of amides is 1. The molecule has 2 heterocycles. The summed E-state index contributed by atoms with van der Waals surface area (Å²) in [7, 11) is 0. The van der Waals surface area contributed by atoms with Gasteiger partial charge in [-0.1, -0.05) is 18.2 Å². The van der Waals surface area contributed by atoms with Crippen molar-refractivity contribution in [2.24, 2.45) is 0 Å². The highest BCUT2D eigenvalue weighted by Crippen LogP contribution is 2.17. The highest BCUT2D eigenvalue weighted by Gasteiger charge is 2.14. The summed E-state index contributed by atoms with van der Waals surface area (Å²) in [6.45, 7) is 5.66. The SMILES string of the molecule is Cc1cc2nc(C)c(CCC(=O)OCC(=O)NCCc3ccccc3F)c(C)n2n1. The summed E-state index contributed by atoms with van der Waals surface area (Å²) in [6, 6.07) is 8.31. The molecular formula is C22H25FN4O3. The number of nitrogens with one attached hydrogen (secondary N) is 1. The van der Waals surface area contributed by atoms with E-state index < -0.39 is 11.9 Å². The lowest BCUT2D eigenvalue weighted by Crippen LogP contribution is -2.30. The van der Waals surface area contributed by atoms with Crippen LogP contribution in [-0.4, -0.2) is 39.6 Å². The Labute approximate surface area is 174 Å². The quantitative estimate of drug-likeness (QED) is 0.575. The Hall–Kier alpha value is -3.29. The monoisotopic (exact) mass is 412 g/mol. The van der Waals surface area contributed by atoms with Gasteiger partial charge in [0.15, 0.2) is 12.3 Å². The second-order valence-corrected chi connectivity index (χ2v) is 7.17. The third-order valence-corrected chi connectivity index (χ3v) is 4.90. The fourth-order valence-electron chi connectivity index (χ4n) is 3.34. The molecule has 0 unspecified atom stereocenters. The molecule has 2 aromatic heterocycles. The van der Waals surface area contributed by atoms with E-state index in [2.05, 4.69) is 15.4 Å². The summed E-state index contributed by atoms with van der Waals surface area (Å²) in [6.07, 6.45) is 0.957. The van der Waals surface area contributed by atoms with Gasteiger partial charge < -0.3 is 10.1 Å². The number of hydrogen-bond donors (Lipinski definition) is 1. The molecule has 3 aromatic rings. The zero-order valence-electron chi connectivity index (χ0n) is 17.4. The molecule has 30 heavy (non-hydrogen) atoms. The first-order valence-corrected chi connectivity index (χ1v) is 9.83. The number of ether oxygens (including phenoxy) is 1. The zero-order chi connectivity index (χ0) is 21.7. The molecule has 0 bridgehead atoms. The van der Waals surface area contributed by atoms with E-state index in [1.807, 2.05) is 26.8 Å². The van der Waals surface area contributed by atoms with E-state index in [0.717, 1.165) is 28.3 Å². The van der Waals surface area contributed by atoms with E-state index in [4.69, 9.17) is 4.74 Å². The number of esters is 1. The number of benzene rings is 1. The van der Waals surface area contributed by atoms with Crippen LogP contribution in [-0.2, 0) is 27.2 Å². The van der Waals surface area contributed by atoms with Gasteiger partial charge in [0.25, 0.3) is 5.91 Å². The van der Waals surface area contributed by atoms with Gasteiger partial charge in [-0.3, -0.25) is 9.59 Å². The van der Waals surface area contributed by atoms with Crippen LogP contribution in [0.4, 0.5) is 4.39 Å². The number of halogens is 1. The van der Waals surface area contributed by atoms with Crippen molar-refractivity contribution in [2.75, 3.05) is 13.2 Å². The number of fused-ring (bicyclic) bond motifs is 1. The second kappa shape index (κ2) is 9.47. The third-order valence-electron chi connectivity index (χ3n) is 4.90. The highest BCUT2D eigenvalue weighted by molar-refractivity contribution is 5.80. The van der Waals surface area contributed by atoms with Crippen LogP contribution in [0.2, 0.25) is 0 Å². The summed E-state index contributed by atoms with van der Waals surface area (Å²) >= 11 is 0. The van der Waals surface area contributed by atoms with Gasteiger partial charge in [-0.25, -0.2) is 13.9 Å². The molecule has 0 saturated carbocycles. The van der Waals surface area contributed by atoms with E-state index in [1.165, 1.54) is 6.07 Å². The summed E-state index contributed by atoms with van der Waals surface area (Å²) in [5.74, 6) is -1.18. The Morgan fingerprint density at radius 2 is 1.93 bits per heavy atom. The van der Waals surface area contributed by atoms with Crippen molar-refractivity contribution in [1.82, 2.24) is 19.9 Å². The summed E-state index contributed by atoms with van der Waals surface area (Å²) in [5, 5.41) is 7.04. The van der Waals surface area contributed by atoms with Crippen LogP contribution < -0.4 is 5.32 Å². The minimum Gasteiger partial charge on any atom is -0.456 e. The smallest absolute Gasteiger partial charge is 0.306 e. The van der Waals surface area contributed by atoms with Crippen molar-refractivity contribution in [1.29, 1.82) is 0 Å². The molecule has 158 valence electrons. The second-order valence-electron chi connectivity index (χ2n) is 7.17. The van der Waals surface area contributed by atoms with Gasteiger partial charge in [0.1, 0.15) is 5.82 Å². The van der Waals surface area contributed by atoms with Crippen LogP contribution in [0.15, 0.2) is 30.3 Å². The lowest BCUT2D eigenvalue weighted by Gasteiger charge is -2.11. The molecule has 7 nitrogen and oxygen atoms in total. The van der Waals surface area contributed by atoms with Gasteiger partial charge in [0, 0.05) is 30.4 Å². The number of aryl methyl sites for hydroxylation is 3. The van der Waals surface area contributed by atoms with Crippen LogP contribution >= 0.6 is 0 Å². The molecule has 0 aliphatic heterocycles. The molecule has 0 aliphatic rings. The first kappa shape index (κ1) is 21.4. The fourth-order valence-corrected chi connectivity index (χ4v) is 3.34. The van der Waals surface area contributed by atoms with Gasteiger partial charge in [0.2, 0.25) is 0 Å². The van der Waals surface area contributed by atoms with E-state index in [1.54, 1.807) is 22.7 Å². The Morgan fingerprint density at radius 1 is 1.17 bits per heavy atom. The number of hydrogen-bond acceptors (Lipinski definition) is 5. The van der Waals surface area contributed by atoms with Crippen LogP contribution in [0.3, 0.4) is 0 Å². The van der Waals surface area contributed by atoms with E-state index in [9.17, 15) is 14.0 Å². The molecule has 0 saturated heterocycles. The van der Waals surface area contributed by atoms with Gasteiger partial charge in [-0.05, 0) is 50.8 Å². The van der Waals surface area contributed by atoms with Gasteiger partial charge in [-0.15, -0.1) is 0 Å². The predicted molar refractivity (Wildman–Crippen MR) is 110 cm³/mol. The molecule has 1 amide bonds. The lowest BCUT2D eigenvalue weighted by atomic mass is 10.1. The first-order chi connectivity index (χ1) is 14.3. The largest absolute Gasteiger partial charge is 0.456 e. The minimum atomic E-state index is -0.463. The van der Waals surface area contributed by atoms with Crippen LogP contribution in [0.25, 0.3) is 5.65 Å². The van der Waals surface area contributed by atoms with Crippen molar-refractivity contribution in [3.05, 3.63) is 64.4 Å². The maximum Gasteiger partial charge on any atom is 0.306 e. The van der Waals surface area contributed by atoms with Gasteiger partial charge in [-0.2, -0.15) is 5.10 Å². The topological polar surface area (TPSA) is 85.6 Å². The average Bonchev–Trinajstić information content (AvgIpc) is 3.08. The molecular weight excluding hydrogens is 387 g/mol. The van der Waals surface area contributed by atoms with Crippen molar-refractivity contribution in [2.45, 2.75) is 40.0 Å². The van der Waals surface area contributed by atoms with Crippen LogP contribution in [0.1, 0.15) is 34.6 Å². The first-order valence-electron chi connectivity index (χ1n) is 9.83. The van der Waals surface area contributed by atoms with Crippen molar-refractivity contribution >= 4 is 17.5 Å². The lowest BCUT2D eigenvalue weighted by molar-refractivity contribution is -0.148. The number of carbonyl (C=O) groups excluding carboxylic acids is 2. The van der Waals surface area contributed by atoms with Crippen molar-refractivity contribution in [3.8, 4) is 0 Å². The number of nitrogens with zero attached hydrogens (tertiary/aromatic N) is 3. The Balaban J connectivity index is 1.44. The summed E-state index contributed by atoms with van der Waals surface area (Å²) in [5.41, 5.74) is 4.90. The molecule has 0 atom stereocenters. The van der Waals surface area contributed by atoms with Gasteiger partial charge in [0.05, 0.1) is 5.69 Å². The van der Waals surface area contributed by atoms with Gasteiger partial charge >= 0.3 is 5.97 Å². The van der Waals surface area contributed by atoms with Crippen LogP contribution in [0.5, 0.6) is 0 Å². The van der Waals surface area contributed by atoms with E-state index in [-0.39, 0.29) is 25.4 Å². The Kier molecular flexibility index (Phi) is 6.76. The number of aromatic nitrogens is 3. The number of rotatable bonds is 8. The molecule has 0 aliphatic carbocycles. The maximum absolute atomic E-state index is 13.5. The van der Waals surface area contributed by atoms with E-state index >= 15 is 0 Å². The summed E-state index contributed by atoms with van der Waals surface area (Å²) < 4.78 is 20.4. The molecule has 3 rings (SSSR count). The van der Waals surface area contributed by atoms with Crippen molar-refractivity contribution < 1.29 is 18.7 Å². The Bertz CT molecular complexity index is 1080. The molecule has 0 radical (unpaired) electrons. The maximum atomic E-state index is 13.5. The fraction of sp³-hybridized carbons (Fsp3) is 0.364. The van der Waals surface area contributed by atoms with Crippen molar-refractivity contribution in [3.63, 3.8) is 0 Å². The molecule has 1 N–H and O–H groups in total. The normalized spacial score (nSPS) is 10.9. The third kappa shape index (κ3) is 5.20. The summed E-state index contributed by atoms with van der Waals surface area (Å²) in [4.78, 5) is 28.4. The Morgan fingerprint density at radius 3 is 2.70 bits per heavy atom. The average molecular weight is 412 g/mol. The van der Waals surface area contributed by atoms with E-state index in [0.29, 0.717) is 18.4 Å². The number of carbonyl (C=O) groups is 2.